The van der Waals surface area contributed by atoms with Crippen LogP contribution in [0.4, 0.5) is 0 Å². The zero-order chi connectivity index (χ0) is 16.0. The van der Waals surface area contributed by atoms with Crippen LogP contribution in [0.1, 0.15) is 32.6 Å². The van der Waals surface area contributed by atoms with E-state index < -0.39 is 10.0 Å². The molecule has 0 radical (unpaired) electrons. The van der Waals surface area contributed by atoms with Crippen LogP contribution in [0.15, 0.2) is 29.2 Å². The van der Waals surface area contributed by atoms with Crippen molar-refractivity contribution >= 4 is 15.9 Å². The fourth-order valence-corrected chi connectivity index (χ4v) is 2.90. The van der Waals surface area contributed by atoms with Crippen LogP contribution in [0, 0.1) is 0 Å². The van der Waals surface area contributed by atoms with Crippen molar-refractivity contribution in [2.75, 3.05) is 13.2 Å². The number of hydrogen-bond donors (Lipinski definition) is 2. The third-order valence-corrected chi connectivity index (χ3v) is 4.75. The third-order valence-electron chi connectivity index (χ3n) is 3.27. The van der Waals surface area contributed by atoms with Crippen molar-refractivity contribution in [3.63, 3.8) is 0 Å². The minimum absolute atomic E-state index is 0.0582. The Balaban J connectivity index is 1.84. The lowest BCUT2D eigenvalue weighted by molar-refractivity contribution is -0.123. The van der Waals surface area contributed by atoms with Crippen LogP contribution in [0.25, 0.3) is 0 Å². The van der Waals surface area contributed by atoms with Gasteiger partial charge in [-0.3, -0.25) is 4.79 Å². The monoisotopic (exact) mass is 326 g/mol. The Hall–Kier alpha value is -1.60. The average molecular weight is 326 g/mol. The van der Waals surface area contributed by atoms with Crippen LogP contribution in [0.2, 0.25) is 0 Å². The van der Waals surface area contributed by atoms with Gasteiger partial charge in [0, 0.05) is 12.6 Å². The Kier molecular flexibility index (Phi) is 5.79. The number of unbranched alkanes of at least 4 members (excludes halogenated alkanes) is 1. The summed E-state index contributed by atoms with van der Waals surface area (Å²) < 4.78 is 31.9. The molecule has 2 rings (SSSR count). The molecule has 6 nitrogen and oxygen atoms in total. The summed E-state index contributed by atoms with van der Waals surface area (Å²) >= 11 is 0. The molecule has 7 heteroatoms. The van der Waals surface area contributed by atoms with Crippen LogP contribution in [0.3, 0.4) is 0 Å². The first-order valence-electron chi connectivity index (χ1n) is 7.53. The van der Waals surface area contributed by atoms with Gasteiger partial charge < -0.3 is 10.1 Å². The molecule has 0 spiro atoms. The molecule has 1 aromatic rings. The molecule has 1 amide bonds. The molecular weight excluding hydrogens is 304 g/mol. The Bertz CT molecular complexity index is 594. The number of nitrogens with one attached hydrogen (secondary N) is 2. The summed E-state index contributed by atoms with van der Waals surface area (Å²) in [6.45, 7) is 2.37. The fraction of sp³-hybridized carbons (Fsp3) is 0.533. The van der Waals surface area contributed by atoms with Crippen LogP contribution in [-0.2, 0) is 14.8 Å². The van der Waals surface area contributed by atoms with E-state index in [4.69, 9.17) is 4.74 Å². The second-order valence-corrected chi connectivity index (χ2v) is 7.12. The molecule has 0 atom stereocenters. The van der Waals surface area contributed by atoms with Gasteiger partial charge in [-0.25, -0.2) is 13.1 Å². The van der Waals surface area contributed by atoms with Gasteiger partial charge in [-0.1, -0.05) is 13.3 Å². The van der Waals surface area contributed by atoms with Crippen molar-refractivity contribution in [1.29, 1.82) is 0 Å². The summed E-state index contributed by atoms with van der Waals surface area (Å²) in [6.07, 6.45) is 3.79. The largest absolute Gasteiger partial charge is 0.484 e. The Morgan fingerprint density at radius 3 is 2.55 bits per heavy atom. The molecule has 0 bridgehead atoms. The lowest BCUT2D eigenvalue weighted by Crippen LogP contribution is -2.30. The standard InChI is InChI=1S/C15H22N2O4S/c1-2-3-10-16-22(19,20)14-8-6-13(7-9-14)21-11-15(18)17-12-4-5-12/h6-9,12,16H,2-5,10-11H2,1H3,(H,17,18). The van der Waals surface area contributed by atoms with E-state index in [9.17, 15) is 13.2 Å². The molecule has 1 aliphatic carbocycles. The maximum atomic E-state index is 12.0. The lowest BCUT2D eigenvalue weighted by atomic mass is 10.3. The predicted molar refractivity (Wildman–Crippen MR) is 83.2 cm³/mol. The molecule has 122 valence electrons. The summed E-state index contributed by atoms with van der Waals surface area (Å²) in [5, 5.41) is 2.82. The molecule has 22 heavy (non-hydrogen) atoms. The highest BCUT2D eigenvalue weighted by atomic mass is 32.2. The lowest BCUT2D eigenvalue weighted by Gasteiger charge is -2.09. The normalized spacial score (nSPS) is 14.6. The topological polar surface area (TPSA) is 84.5 Å². The van der Waals surface area contributed by atoms with Crippen LogP contribution in [0.5, 0.6) is 5.75 Å². The number of rotatable bonds is 9. The van der Waals surface area contributed by atoms with Crippen molar-refractivity contribution in [2.45, 2.75) is 43.5 Å². The molecule has 2 N–H and O–H groups in total. The van der Waals surface area contributed by atoms with Crippen molar-refractivity contribution < 1.29 is 17.9 Å². The van der Waals surface area contributed by atoms with Gasteiger partial charge >= 0.3 is 0 Å². The smallest absolute Gasteiger partial charge is 0.258 e. The fourth-order valence-electron chi connectivity index (χ4n) is 1.83. The number of ether oxygens (including phenoxy) is 1. The van der Waals surface area contributed by atoms with Crippen molar-refractivity contribution in [3.05, 3.63) is 24.3 Å². The van der Waals surface area contributed by atoms with E-state index in [0.717, 1.165) is 25.7 Å². The van der Waals surface area contributed by atoms with Crippen LogP contribution >= 0.6 is 0 Å². The first-order valence-corrected chi connectivity index (χ1v) is 9.01. The average Bonchev–Trinajstić information content (AvgIpc) is 3.30. The third kappa shape index (κ3) is 5.31. The number of amides is 1. The number of benzene rings is 1. The van der Waals surface area contributed by atoms with E-state index in [0.29, 0.717) is 18.3 Å². The molecule has 0 aliphatic heterocycles. The summed E-state index contributed by atoms with van der Waals surface area (Å²) in [6, 6.07) is 6.36. The van der Waals surface area contributed by atoms with E-state index in [1.807, 2.05) is 6.92 Å². The van der Waals surface area contributed by atoms with Gasteiger partial charge in [0.2, 0.25) is 10.0 Å². The molecule has 0 heterocycles. The summed E-state index contributed by atoms with van der Waals surface area (Å²) in [5.74, 6) is 0.318. The number of sulfonamides is 1. The highest BCUT2D eigenvalue weighted by Crippen LogP contribution is 2.19. The molecule has 1 aromatic carbocycles. The van der Waals surface area contributed by atoms with Gasteiger partial charge in [0.05, 0.1) is 4.90 Å². The molecule has 1 fully saturated rings. The quantitative estimate of drug-likeness (QED) is 0.672. The first kappa shape index (κ1) is 16.8. The van der Waals surface area contributed by atoms with Gasteiger partial charge in [0.1, 0.15) is 5.75 Å². The zero-order valence-electron chi connectivity index (χ0n) is 12.7. The van der Waals surface area contributed by atoms with Crippen LogP contribution < -0.4 is 14.8 Å². The van der Waals surface area contributed by atoms with Crippen molar-refractivity contribution in [1.82, 2.24) is 10.0 Å². The highest BCUT2D eigenvalue weighted by Gasteiger charge is 2.23. The zero-order valence-corrected chi connectivity index (χ0v) is 13.5. The second kappa shape index (κ2) is 7.60. The first-order chi connectivity index (χ1) is 10.5. The van der Waals surface area contributed by atoms with Gasteiger partial charge in [-0.15, -0.1) is 0 Å². The minimum Gasteiger partial charge on any atom is -0.484 e. The van der Waals surface area contributed by atoms with E-state index in [2.05, 4.69) is 10.0 Å². The second-order valence-electron chi connectivity index (χ2n) is 5.35. The molecular formula is C15H22N2O4S. The molecule has 1 saturated carbocycles. The van der Waals surface area contributed by atoms with Gasteiger partial charge in [0.25, 0.3) is 5.91 Å². The van der Waals surface area contributed by atoms with E-state index >= 15 is 0 Å². The number of hydrogen-bond acceptors (Lipinski definition) is 4. The van der Waals surface area contributed by atoms with Crippen molar-refractivity contribution in [2.24, 2.45) is 0 Å². The highest BCUT2D eigenvalue weighted by molar-refractivity contribution is 7.89. The maximum absolute atomic E-state index is 12.0. The molecule has 1 aliphatic rings. The van der Waals surface area contributed by atoms with E-state index in [1.54, 1.807) is 12.1 Å². The maximum Gasteiger partial charge on any atom is 0.258 e. The van der Waals surface area contributed by atoms with Crippen molar-refractivity contribution in [3.8, 4) is 5.75 Å². The summed E-state index contributed by atoms with van der Waals surface area (Å²) in [4.78, 5) is 11.7. The van der Waals surface area contributed by atoms with E-state index in [1.165, 1.54) is 12.1 Å². The Morgan fingerprint density at radius 1 is 1.27 bits per heavy atom. The Morgan fingerprint density at radius 2 is 1.95 bits per heavy atom. The minimum atomic E-state index is -3.47. The number of carbonyl (C=O) groups is 1. The SMILES string of the molecule is CCCCNS(=O)(=O)c1ccc(OCC(=O)NC2CC2)cc1. The summed E-state index contributed by atoms with van der Waals surface area (Å²) in [5.41, 5.74) is 0. The van der Waals surface area contributed by atoms with Crippen LogP contribution in [-0.4, -0.2) is 33.5 Å². The van der Waals surface area contributed by atoms with E-state index in [-0.39, 0.29) is 17.4 Å². The predicted octanol–water partition coefficient (Wildman–Crippen LogP) is 1.42. The van der Waals surface area contributed by atoms with Gasteiger partial charge in [-0.05, 0) is 43.5 Å². The number of carbonyl (C=O) groups excluding carboxylic acids is 1. The molecule has 0 unspecified atom stereocenters. The molecule has 0 aromatic heterocycles. The van der Waals surface area contributed by atoms with Gasteiger partial charge in [0.15, 0.2) is 6.61 Å². The van der Waals surface area contributed by atoms with Gasteiger partial charge in [-0.2, -0.15) is 0 Å². The molecule has 0 saturated heterocycles. The summed E-state index contributed by atoms with van der Waals surface area (Å²) in [7, 11) is -3.47. The Labute approximate surface area is 131 Å².